The second-order valence-corrected chi connectivity index (χ2v) is 5.09. The molecule has 0 fully saturated rings. The predicted octanol–water partition coefficient (Wildman–Crippen LogP) is 3.89. The lowest BCUT2D eigenvalue weighted by molar-refractivity contribution is 0.208. The number of benzene rings is 2. The fraction of sp³-hybridized carbons (Fsp3) is 0.250. The van der Waals surface area contributed by atoms with Crippen molar-refractivity contribution in [1.82, 2.24) is 0 Å². The van der Waals surface area contributed by atoms with Gasteiger partial charge in [0.1, 0.15) is 13.2 Å². The first-order valence-electron chi connectivity index (χ1n) is 6.73. The Bertz CT molecular complexity index is 569. The minimum absolute atomic E-state index is 0.396. The molecule has 0 aliphatic heterocycles. The fourth-order valence-electron chi connectivity index (χ4n) is 1.82. The molecule has 0 atom stereocenters. The van der Waals surface area contributed by atoms with Gasteiger partial charge in [-0.25, -0.2) is 0 Å². The van der Waals surface area contributed by atoms with Crippen molar-refractivity contribution < 1.29 is 14.2 Å². The number of hydrogen-bond acceptors (Lipinski definition) is 4. The maximum absolute atomic E-state index is 5.86. The van der Waals surface area contributed by atoms with Gasteiger partial charge in [-0.1, -0.05) is 18.2 Å². The van der Waals surface area contributed by atoms with Crippen molar-refractivity contribution in [1.29, 1.82) is 0 Å². The van der Waals surface area contributed by atoms with Gasteiger partial charge in [0.25, 0.3) is 0 Å². The third-order valence-electron chi connectivity index (χ3n) is 2.73. The summed E-state index contributed by atoms with van der Waals surface area (Å²) in [6, 6.07) is 13.1. The first-order chi connectivity index (χ1) is 10.2. The van der Waals surface area contributed by atoms with Crippen LogP contribution in [0.25, 0.3) is 0 Å². The van der Waals surface area contributed by atoms with Gasteiger partial charge in [0.05, 0.1) is 16.8 Å². The van der Waals surface area contributed by atoms with Crippen molar-refractivity contribution in [2.45, 2.75) is 6.92 Å². The van der Waals surface area contributed by atoms with Crippen LogP contribution < -0.4 is 19.9 Å². The van der Waals surface area contributed by atoms with Gasteiger partial charge in [0.15, 0.2) is 17.2 Å². The molecule has 0 aromatic heterocycles. The Balaban J connectivity index is 1.88. The highest BCUT2D eigenvalue weighted by Crippen LogP contribution is 2.31. The topological polar surface area (TPSA) is 53.7 Å². The molecule has 0 unspecified atom stereocenters. The summed E-state index contributed by atoms with van der Waals surface area (Å²) < 4.78 is 17.7. The summed E-state index contributed by atoms with van der Waals surface area (Å²) in [5.41, 5.74) is 6.46. The molecule has 0 radical (unpaired) electrons. The molecule has 2 N–H and O–H groups in total. The average Bonchev–Trinajstić information content (AvgIpc) is 2.48. The Hall–Kier alpha value is -1.88. The van der Waals surface area contributed by atoms with Gasteiger partial charge in [0, 0.05) is 0 Å². The third-order valence-corrected chi connectivity index (χ3v) is 3.36. The molecule has 2 aromatic rings. The lowest BCUT2D eigenvalue weighted by atomic mass is 10.3. The molecular formula is C16H18BrNO3. The first kappa shape index (κ1) is 15.5. The minimum atomic E-state index is 0.396. The number of hydrogen-bond donors (Lipinski definition) is 1. The molecule has 21 heavy (non-hydrogen) atoms. The van der Waals surface area contributed by atoms with Crippen LogP contribution in [-0.2, 0) is 0 Å². The summed E-state index contributed by atoms with van der Waals surface area (Å²) in [5.74, 6) is 2.09. The molecule has 0 aliphatic rings. The zero-order valence-electron chi connectivity index (χ0n) is 11.8. The smallest absolute Gasteiger partial charge is 0.161 e. The maximum Gasteiger partial charge on any atom is 0.161 e. The number of halogens is 1. The lowest BCUT2D eigenvalue weighted by Crippen LogP contribution is -2.11. The van der Waals surface area contributed by atoms with Crippen molar-refractivity contribution in [2.75, 3.05) is 25.6 Å². The lowest BCUT2D eigenvalue weighted by Gasteiger charge is -2.13. The summed E-state index contributed by atoms with van der Waals surface area (Å²) in [7, 11) is 0. The van der Waals surface area contributed by atoms with Crippen molar-refractivity contribution in [2.24, 2.45) is 0 Å². The fourth-order valence-corrected chi connectivity index (χ4v) is 2.31. The highest BCUT2D eigenvalue weighted by Gasteiger charge is 2.06. The van der Waals surface area contributed by atoms with Crippen LogP contribution in [0.5, 0.6) is 17.2 Å². The molecule has 0 saturated carbocycles. The largest absolute Gasteiger partial charge is 0.490 e. The monoisotopic (exact) mass is 351 g/mol. The quantitative estimate of drug-likeness (QED) is 0.607. The Morgan fingerprint density at radius 1 is 0.905 bits per heavy atom. The SMILES string of the molecule is CCOc1ccccc1OCCOc1c(N)cccc1Br. The van der Waals surface area contributed by atoms with Gasteiger partial charge in [-0.3, -0.25) is 0 Å². The van der Waals surface area contributed by atoms with E-state index in [1.165, 1.54) is 0 Å². The summed E-state index contributed by atoms with van der Waals surface area (Å²) in [4.78, 5) is 0. The number of anilines is 1. The van der Waals surface area contributed by atoms with E-state index in [0.717, 1.165) is 10.2 Å². The Labute approximate surface area is 132 Å². The predicted molar refractivity (Wildman–Crippen MR) is 87.2 cm³/mol. The number of rotatable bonds is 7. The Morgan fingerprint density at radius 2 is 1.57 bits per heavy atom. The zero-order chi connectivity index (χ0) is 15.1. The van der Waals surface area contributed by atoms with E-state index >= 15 is 0 Å². The number of para-hydroxylation sites is 3. The number of ether oxygens (including phenoxy) is 3. The normalized spacial score (nSPS) is 10.2. The third kappa shape index (κ3) is 4.29. The molecule has 0 aliphatic carbocycles. The van der Waals surface area contributed by atoms with E-state index in [1.54, 1.807) is 6.07 Å². The summed E-state index contributed by atoms with van der Waals surface area (Å²) >= 11 is 3.41. The summed E-state index contributed by atoms with van der Waals surface area (Å²) in [5, 5.41) is 0. The molecule has 2 rings (SSSR count). The average molecular weight is 352 g/mol. The van der Waals surface area contributed by atoms with Crippen LogP contribution in [0, 0.1) is 0 Å². The van der Waals surface area contributed by atoms with E-state index in [4.69, 9.17) is 19.9 Å². The van der Waals surface area contributed by atoms with E-state index in [2.05, 4.69) is 15.9 Å². The standard InChI is InChI=1S/C16H18BrNO3/c1-2-19-14-8-3-4-9-15(14)20-10-11-21-16-12(17)6-5-7-13(16)18/h3-9H,2,10-11,18H2,1H3. The van der Waals surface area contributed by atoms with Crippen LogP contribution >= 0.6 is 15.9 Å². The van der Waals surface area contributed by atoms with Crippen molar-refractivity contribution in [3.63, 3.8) is 0 Å². The highest BCUT2D eigenvalue weighted by molar-refractivity contribution is 9.10. The summed E-state index contributed by atoms with van der Waals surface area (Å²) in [6.07, 6.45) is 0. The second kappa shape index (κ2) is 7.78. The molecule has 5 heteroatoms. The first-order valence-corrected chi connectivity index (χ1v) is 7.53. The van der Waals surface area contributed by atoms with E-state index < -0.39 is 0 Å². The molecule has 0 amide bonds. The van der Waals surface area contributed by atoms with Gasteiger partial charge >= 0.3 is 0 Å². The highest BCUT2D eigenvalue weighted by atomic mass is 79.9. The number of nitrogen functional groups attached to an aromatic ring is 1. The molecule has 112 valence electrons. The van der Waals surface area contributed by atoms with E-state index in [-0.39, 0.29) is 0 Å². The molecule has 0 saturated heterocycles. The van der Waals surface area contributed by atoms with E-state index in [1.807, 2.05) is 43.3 Å². The molecule has 2 aromatic carbocycles. The second-order valence-electron chi connectivity index (χ2n) is 4.23. The Kier molecular flexibility index (Phi) is 5.75. The van der Waals surface area contributed by atoms with Crippen LogP contribution in [0.1, 0.15) is 6.92 Å². The van der Waals surface area contributed by atoms with Gasteiger partial charge < -0.3 is 19.9 Å². The van der Waals surface area contributed by atoms with Crippen LogP contribution in [0.2, 0.25) is 0 Å². The van der Waals surface area contributed by atoms with Crippen molar-refractivity contribution in [3.05, 3.63) is 46.9 Å². The van der Waals surface area contributed by atoms with Crippen LogP contribution in [0.15, 0.2) is 46.9 Å². The number of nitrogens with two attached hydrogens (primary N) is 1. The summed E-state index contributed by atoms with van der Waals surface area (Å²) in [6.45, 7) is 3.35. The van der Waals surface area contributed by atoms with Gasteiger partial charge in [-0.2, -0.15) is 0 Å². The minimum Gasteiger partial charge on any atom is -0.490 e. The van der Waals surface area contributed by atoms with Gasteiger partial charge in [-0.05, 0) is 47.1 Å². The van der Waals surface area contributed by atoms with Crippen molar-refractivity contribution in [3.8, 4) is 17.2 Å². The molecule has 0 bridgehead atoms. The maximum atomic E-state index is 5.86. The molecule has 4 nitrogen and oxygen atoms in total. The molecule has 0 spiro atoms. The van der Waals surface area contributed by atoms with Crippen molar-refractivity contribution >= 4 is 21.6 Å². The van der Waals surface area contributed by atoms with Crippen LogP contribution in [-0.4, -0.2) is 19.8 Å². The molecule has 0 heterocycles. The van der Waals surface area contributed by atoms with Crippen LogP contribution in [0.3, 0.4) is 0 Å². The van der Waals surface area contributed by atoms with Gasteiger partial charge in [0.2, 0.25) is 0 Å². The van der Waals surface area contributed by atoms with E-state index in [0.29, 0.717) is 37.0 Å². The zero-order valence-corrected chi connectivity index (χ0v) is 13.4. The van der Waals surface area contributed by atoms with Gasteiger partial charge in [-0.15, -0.1) is 0 Å². The Morgan fingerprint density at radius 3 is 2.24 bits per heavy atom. The van der Waals surface area contributed by atoms with Crippen LogP contribution in [0.4, 0.5) is 5.69 Å². The molecular weight excluding hydrogens is 334 g/mol. The van der Waals surface area contributed by atoms with E-state index in [9.17, 15) is 0 Å².